The van der Waals surface area contributed by atoms with E-state index < -0.39 is 0 Å². The van der Waals surface area contributed by atoms with Crippen LogP contribution < -0.4 is 10.1 Å². The average Bonchev–Trinajstić information content (AvgIpc) is 3.09. The van der Waals surface area contributed by atoms with Crippen molar-refractivity contribution in [1.29, 1.82) is 0 Å². The minimum Gasteiger partial charge on any atom is -0.496 e. The van der Waals surface area contributed by atoms with Crippen LogP contribution in [0.15, 0.2) is 28.8 Å². The van der Waals surface area contributed by atoms with Gasteiger partial charge in [0, 0.05) is 6.54 Å². The van der Waals surface area contributed by atoms with Crippen molar-refractivity contribution in [3.63, 3.8) is 0 Å². The van der Waals surface area contributed by atoms with Crippen molar-refractivity contribution < 1.29 is 9.26 Å². The molecular formula is C13H16ClN3O2. The summed E-state index contributed by atoms with van der Waals surface area (Å²) in [4.78, 5) is 4.47. The molecule has 3 rings (SSSR count). The maximum absolute atomic E-state index is 5.35. The Hall–Kier alpha value is -1.59. The zero-order valence-corrected chi connectivity index (χ0v) is 11.4. The second kappa shape index (κ2) is 6.04. The molecule has 1 aromatic carbocycles. The van der Waals surface area contributed by atoms with Gasteiger partial charge in [-0.1, -0.05) is 17.3 Å². The van der Waals surface area contributed by atoms with Crippen molar-refractivity contribution in [2.45, 2.75) is 12.3 Å². The van der Waals surface area contributed by atoms with Gasteiger partial charge >= 0.3 is 0 Å². The number of halogens is 1. The zero-order valence-electron chi connectivity index (χ0n) is 10.6. The fourth-order valence-electron chi connectivity index (χ4n) is 2.21. The molecule has 6 heteroatoms. The number of ether oxygens (including phenoxy) is 1. The quantitative estimate of drug-likeness (QED) is 0.935. The highest BCUT2D eigenvalue weighted by Gasteiger charge is 2.23. The highest BCUT2D eigenvalue weighted by molar-refractivity contribution is 5.85. The van der Waals surface area contributed by atoms with Crippen LogP contribution in [0.3, 0.4) is 0 Å². The molecular weight excluding hydrogens is 266 g/mol. The van der Waals surface area contributed by atoms with Crippen LogP contribution in [0.4, 0.5) is 0 Å². The summed E-state index contributed by atoms with van der Waals surface area (Å²) >= 11 is 0. The number of nitrogens with one attached hydrogen (secondary N) is 1. The van der Waals surface area contributed by atoms with Crippen LogP contribution in [0.2, 0.25) is 0 Å². The number of aromatic nitrogens is 2. The third-order valence-corrected chi connectivity index (χ3v) is 3.20. The summed E-state index contributed by atoms with van der Waals surface area (Å²) in [7, 11) is 1.64. The first-order valence-electron chi connectivity index (χ1n) is 6.06. The molecule has 2 heterocycles. The molecule has 2 aromatic rings. The van der Waals surface area contributed by atoms with Crippen LogP contribution in [-0.2, 0) is 0 Å². The van der Waals surface area contributed by atoms with E-state index in [0.717, 1.165) is 30.8 Å². The lowest BCUT2D eigenvalue weighted by atomic mass is 10.1. The molecule has 1 N–H and O–H groups in total. The lowest BCUT2D eigenvalue weighted by Crippen LogP contribution is -2.08. The third-order valence-electron chi connectivity index (χ3n) is 3.20. The number of rotatable bonds is 3. The van der Waals surface area contributed by atoms with Gasteiger partial charge in [-0.25, -0.2) is 0 Å². The van der Waals surface area contributed by atoms with Crippen LogP contribution >= 0.6 is 12.4 Å². The van der Waals surface area contributed by atoms with Gasteiger partial charge in [0.2, 0.25) is 11.7 Å². The van der Waals surface area contributed by atoms with Crippen molar-refractivity contribution in [3.05, 3.63) is 30.2 Å². The molecule has 102 valence electrons. The van der Waals surface area contributed by atoms with Gasteiger partial charge in [-0.3, -0.25) is 0 Å². The summed E-state index contributed by atoms with van der Waals surface area (Å²) in [6, 6.07) is 7.68. The van der Waals surface area contributed by atoms with Crippen LogP contribution in [0.1, 0.15) is 18.2 Å². The SMILES string of the molecule is COc1ccccc1-c1noc([C@H]2CCNC2)n1.Cl. The molecule has 0 radical (unpaired) electrons. The highest BCUT2D eigenvalue weighted by Crippen LogP contribution is 2.29. The maximum Gasteiger partial charge on any atom is 0.231 e. The van der Waals surface area contributed by atoms with E-state index in [9.17, 15) is 0 Å². The Morgan fingerprint density at radius 1 is 1.37 bits per heavy atom. The summed E-state index contributed by atoms with van der Waals surface area (Å²) in [6.07, 6.45) is 1.05. The van der Waals surface area contributed by atoms with E-state index in [1.807, 2.05) is 24.3 Å². The number of para-hydroxylation sites is 1. The fraction of sp³-hybridized carbons (Fsp3) is 0.385. The normalized spacial score (nSPS) is 18.1. The first-order chi connectivity index (χ1) is 8.88. The lowest BCUT2D eigenvalue weighted by molar-refractivity contribution is 0.359. The molecule has 0 bridgehead atoms. The van der Waals surface area contributed by atoms with Gasteiger partial charge in [0.1, 0.15) is 5.75 Å². The maximum atomic E-state index is 5.35. The molecule has 0 saturated carbocycles. The molecule has 0 unspecified atom stereocenters. The molecule has 0 aliphatic carbocycles. The Bertz CT molecular complexity index is 538. The van der Waals surface area contributed by atoms with E-state index in [-0.39, 0.29) is 12.4 Å². The summed E-state index contributed by atoms with van der Waals surface area (Å²) in [5.41, 5.74) is 0.862. The van der Waals surface area contributed by atoms with Crippen molar-refractivity contribution in [2.24, 2.45) is 0 Å². The highest BCUT2D eigenvalue weighted by atomic mass is 35.5. The van der Waals surface area contributed by atoms with E-state index in [4.69, 9.17) is 9.26 Å². The molecule has 5 nitrogen and oxygen atoms in total. The van der Waals surface area contributed by atoms with Crippen LogP contribution in [0, 0.1) is 0 Å². The molecule has 1 atom stereocenters. The van der Waals surface area contributed by atoms with Crippen LogP contribution in [-0.4, -0.2) is 30.3 Å². The van der Waals surface area contributed by atoms with Crippen LogP contribution in [0.5, 0.6) is 5.75 Å². The average molecular weight is 282 g/mol. The smallest absolute Gasteiger partial charge is 0.231 e. The Morgan fingerprint density at radius 2 is 2.21 bits per heavy atom. The molecule has 1 fully saturated rings. The Kier molecular flexibility index (Phi) is 4.39. The summed E-state index contributed by atoms with van der Waals surface area (Å²) < 4.78 is 10.6. The van der Waals surface area contributed by atoms with Gasteiger partial charge in [-0.2, -0.15) is 4.98 Å². The van der Waals surface area contributed by atoms with E-state index >= 15 is 0 Å². The first-order valence-corrected chi connectivity index (χ1v) is 6.06. The first kappa shape index (κ1) is 13.8. The molecule has 1 aliphatic heterocycles. The van der Waals surface area contributed by atoms with Gasteiger partial charge in [0.25, 0.3) is 0 Å². The van der Waals surface area contributed by atoms with Crippen molar-refractivity contribution >= 4 is 12.4 Å². The molecule has 19 heavy (non-hydrogen) atoms. The molecule has 1 saturated heterocycles. The minimum atomic E-state index is 0. The Morgan fingerprint density at radius 3 is 2.95 bits per heavy atom. The summed E-state index contributed by atoms with van der Waals surface area (Å²) in [5, 5.41) is 7.34. The predicted molar refractivity (Wildman–Crippen MR) is 73.8 cm³/mol. The van der Waals surface area contributed by atoms with Gasteiger partial charge in [0.05, 0.1) is 18.6 Å². The van der Waals surface area contributed by atoms with Gasteiger partial charge < -0.3 is 14.6 Å². The molecule has 1 aromatic heterocycles. The molecule has 0 amide bonds. The van der Waals surface area contributed by atoms with E-state index in [1.54, 1.807) is 7.11 Å². The number of hydrogen-bond donors (Lipinski definition) is 1. The summed E-state index contributed by atoms with van der Waals surface area (Å²) in [5.74, 6) is 2.39. The monoisotopic (exact) mass is 281 g/mol. The Balaban J connectivity index is 0.00000133. The lowest BCUT2D eigenvalue weighted by Gasteiger charge is -2.03. The van der Waals surface area contributed by atoms with Crippen LogP contribution in [0.25, 0.3) is 11.4 Å². The third kappa shape index (κ3) is 2.72. The number of methoxy groups -OCH3 is 1. The predicted octanol–water partition coefficient (Wildman–Crippen LogP) is 2.24. The number of nitrogens with zero attached hydrogens (tertiary/aromatic N) is 2. The van der Waals surface area contributed by atoms with Gasteiger partial charge in [-0.15, -0.1) is 12.4 Å². The largest absolute Gasteiger partial charge is 0.496 e. The van der Waals surface area contributed by atoms with E-state index in [0.29, 0.717) is 17.6 Å². The number of benzene rings is 1. The standard InChI is InChI=1S/C13H15N3O2.ClH/c1-17-11-5-3-2-4-10(11)12-15-13(18-16-12)9-6-7-14-8-9;/h2-5,9,14H,6-8H2,1H3;1H/t9-;/m0./s1. The Labute approximate surface area is 117 Å². The topological polar surface area (TPSA) is 60.2 Å². The second-order valence-electron chi connectivity index (χ2n) is 4.35. The van der Waals surface area contributed by atoms with E-state index in [1.165, 1.54) is 0 Å². The van der Waals surface area contributed by atoms with E-state index in [2.05, 4.69) is 15.5 Å². The van der Waals surface area contributed by atoms with Crippen molar-refractivity contribution in [1.82, 2.24) is 15.5 Å². The summed E-state index contributed by atoms with van der Waals surface area (Å²) in [6.45, 7) is 1.92. The van der Waals surface area contributed by atoms with Gasteiger partial charge in [-0.05, 0) is 25.1 Å². The molecule has 1 aliphatic rings. The van der Waals surface area contributed by atoms with Crippen molar-refractivity contribution in [2.75, 3.05) is 20.2 Å². The zero-order chi connectivity index (χ0) is 12.4. The minimum absolute atomic E-state index is 0. The fourth-order valence-corrected chi connectivity index (χ4v) is 2.21. The van der Waals surface area contributed by atoms with Crippen molar-refractivity contribution in [3.8, 4) is 17.1 Å². The number of hydrogen-bond acceptors (Lipinski definition) is 5. The van der Waals surface area contributed by atoms with Gasteiger partial charge in [0.15, 0.2) is 0 Å². The second-order valence-corrected chi connectivity index (χ2v) is 4.35. The molecule has 0 spiro atoms.